The van der Waals surface area contributed by atoms with Crippen LogP contribution in [0.3, 0.4) is 0 Å². The summed E-state index contributed by atoms with van der Waals surface area (Å²) in [5.74, 6) is -0.0778. The summed E-state index contributed by atoms with van der Waals surface area (Å²) >= 11 is 0. The van der Waals surface area contributed by atoms with Gasteiger partial charge in [0.15, 0.2) is 11.5 Å². The molecule has 0 spiro atoms. The lowest BCUT2D eigenvalue weighted by Crippen LogP contribution is -1.82. The number of allylic oxidation sites excluding steroid dienone is 1. The number of hydrogen-bond acceptors (Lipinski definition) is 2. The molecule has 0 saturated heterocycles. The number of phenols is 2. The molecule has 0 aliphatic heterocycles. The van der Waals surface area contributed by atoms with Crippen molar-refractivity contribution in [3.63, 3.8) is 0 Å². The van der Waals surface area contributed by atoms with E-state index >= 15 is 0 Å². The first-order chi connectivity index (χ1) is 11.8. The molecular formula is C22H36O2. The largest absolute Gasteiger partial charge is 0.504 e. The number of unbranched alkanes of at least 4 members (excludes halogenated alkanes) is 12. The minimum absolute atomic E-state index is 0.0246. The van der Waals surface area contributed by atoms with Crippen molar-refractivity contribution in [2.45, 2.75) is 90.4 Å². The van der Waals surface area contributed by atoms with E-state index < -0.39 is 0 Å². The summed E-state index contributed by atoms with van der Waals surface area (Å²) in [6.45, 7) is 2.27. The molecule has 0 saturated carbocycles. The maximum absolute atomic E-state index is 9.70. The van der Waals surface area contributed by atoms with Gasteiger partial charge < -0.3 is 10.2 Å². The van der Waals surface area contributed by atoms with Crippen LogP contribution >= 0.6 is 0 Å². The minimum atomic E-state index is -0.0532. The monoisotopic (exact) mass is 332 g/mol. The van der Waals surface area contributed by atoms with E-state index in [0.717, 1.165) is 6.42 Å². The standard InChI is InChI=1S/C22H36O2/c1-2-3-4-5-6-7-8-9-10-11-12-13-14-15-17-20-18-16-19-21(23)22(20)24/h15-19,23-24H,2-14H2,1H3. The Balaban J connectivity index is 1.92. The van der Waals surface area contributed by atoms with Crippen molar-refractivity contribution in [1.82, 2.24) is 0 Å². The molecule has 24 heavy (non-hydrogen) atoms. The summed E-state index contributed by atoms with van der Waals surface area (Å²) in [5.41, 5.74) is 0.689. The van der Waals surface area contributed by atoms with Gasteiger partial charge in [-0.05, 0) is 18.9 Å². The third-order valence-electron chi connectivity index (χ3n) is 4.57. The number of para-hydroxylation sites is 1. The summed E-state index contributed by atoms with van der Waals surface area (Å²) in [6, 6.07) is 5.06. The van der Waals surface area contributed by atoms with Crippen molar-refractivity contribution in [3.8, 4) is 11.5 Å². The van der Waals surface area contributed by atoms with Crippen LogP contribution in [0.2, 0.25) is 0 Å². The minimum Gasteiger partial charge on any atom is -0.504 e. The Labute approximate surface area is 148 Å². The number of phenolic OH excluding ortho intramolecular Hbond substituents is 2. The molecule has 1 rings (SSSR count). The molecule has 0 aliphatic carbocycles. The number of aromatic hydroxyl groups is 2. The van der Waals surface area contributed by atoms with Crippen LogP contribution < -0.4 is 0 Å². The van der Waals surface area contributed by atoms with Crippen molar-refractivity contribution in [3.05, 3.63) is 29.8 Å². The highest BCUT2D eigenvalue weighted by Gasteiger charge is 2.01. The summed E-state index contributed by atoms with van der Waals surface area (Å²) in [7, 11) is 0. The molecule has 0 bridgehead atoms. The number of rotatable bonds is 14. The summed E-state index contributed by atoms with van der Waals surface area (Å²) in [4.78, 5) is 0. The van der Waals surface area contributed by atoms with E-state index in [4.69, 9.17) is 0 Å². The van der Waals surface area contributed by atoms with Gasteiger partial charge in [0.2, 0.25) is 0 Å². The predicted molar refractivity (Wildman–Crippen MR) is 105 cm³/mol. The van der Waals surface area contributed by atoms with Crippen molar-refractivity contribution in [2.24, 2.45) is 0 Å². The smallest absolute Gasteiger partial charge is 0.164 e. The van der Waals surface area contributed by atoms with Gasteiger partial charge in [0.05, 0.1) is 0 Å². The molecule has 0 unspecified atom stereocenters. The van der Waals surface area contributed by atoms with Gasteiger partial charge >= 0.3 is 0 Å². The molecule has 2 nitrogen and oxygen atoms in total. The van der Waals surface area contributed by atoms with Crippen LogP contribution in [-0.4, -0.2) is 10.2 Å². The lowest BCUT2D eigenvalue weighted by Gasteiger charge is -2.02. The Bertz CT molecular complexity index is 451. The fourth-order valence-electron chi connectivity index (χ4n) is 3.00. The van der Waals surface area contributed by atoms with Gasteiger partial charge in [-0.15, -0.1) is 0 Å². The summed E-state index contributed by atoms with van der Waals surface area (Å²) in [5, 5.41) is 19.1. The Kier molecular flexibility index (Phi) is 12.0. The Morgan fingerprint density at radius 1 is 0.750 bits per heavy atom. The van der Waals surface area contributed by atoms with E-state index in [0.29, 0.717) is 5.56 Å². The van der Waals surface area contributed by atoms with Crippen LogP contribution in [0.5, 0.6) is 11.5 Å². The molecule has 136 valence electrons. The first-order valence-corrected chi connectivity index (χ1v) is 9.93. The van der Waals surface area contributed by atoms with E-state index in [9.17, 15) is 10.2 Å². The SMILES string of the molecule is CCCCCCCCCCCCCCC=Cc1cccc(O)c1O. The lowest BCUT2D eigenvalue weighted by atomic mass is 10.0. The van der Waals surface area contributed by atoms with Crippen LogP contribution in [0.4, 0.5) is 0 Å². The van der Waals surface area contributed by atoms with Crippen molar-refractivity contribution >= 4 is 6.08 Å². The first-order valence-electron chi connectivity index (χ1n) is 9.93. The van der Waals surface area contributed by atoms with E-state index in [2.05, 4.69) is 13.0 Å². The molecule has 0 heterocycles. The van der Waals surface area contributed by atoms with Crippen molar-refractivity contribution in [2.75, 3.05) is 0 Å². The number of hydrogen-bond donors (Lipinski definition) is 2. The topological polar surface area (TPSA) is 40.5 Å². The molecule has 1 aromatic carbocycles. The highest BCUT2D eigenvalue weighted by Crippen LogP contribution is 2.29. The maximum atomic E-state index is 9.70. The quantitative estimate of drug-likeness (QED) is 0.279. The van der Waals surface area contributed by atoms with Crippen LogP contribution in [-0.2, 0) is 0 Å². The molecule has 1 aromatic rings. The van der Waals surface area contributed by atoms with Gasteiger partial charge in [-0.1, -0.05) is 102 Å². The summed E-state index contributed by atoms with van der Waals surface area (Å²) < 4.78 is 0. The summed E-state index contributed by atoms with van der Waals surface area (Å²) in [6.07, 6.45) is 21.4. The molecule has 0 radical (unpaired) electrons. The molecule has 0 amide bonds. The Morgan fingerprint density at radius 2 is 1.29 bits per heavy atom. The fraction of sp³-hybridized carbons (Fsp3) is 0.636. The number of benzene rings is 1. The van der Waals surface area contributed by atoms with Crippen LogP contribution in [0.1, 0.15) is 96.0 Å². The zero-order valence-corrected chi connectivity index (χ0v) is 15.5. The average Bonchev–Trinajstić information content (AvgIpc) is 2.58. The fourth-order valence-corrected chi connectivity index (χ4v) is 3.00. The van der Waals surface area contributed by atoms with Gasteiger partial charge in [0.25, 0.3) is 0 Å². The average molecular weight is 333 g/mol. The second-order valence-corrected chi connectivity index (χ2v) is 6.80. The molecule has 0 aliphatic rings. The van der Waals surface area contributed by atoms with Crippen LogP contribution in [0, 0.1) is 0 Å². The Morgan fingerprint density at radius 3 is 1.88 bits per heavy atom. The zero-order valence-electron chi connectivity index (χ0n) is 15.5. The van der Waals surface area contributed by atoms with E-state index in [1.165, 1.54) is 83.1 Å². The van der Waals surface area contributed by atoms with Gasteiger partial charge in [0, 0.05) is 5.56 Å². The highest BCUT2D eigenvalue weighted by atomic mass is 16.3. The van der Waals surface area contributed by atoms with Gasteiger partial charge in [-0.25, -0.2) is 0 Å². The van der Waals surface area contributed by atoms with E-state index in [1.807, 2.05) is 12.1 Å². The van der Waals surface area contributed by atoms with E-state index in [-0.39, 0.29) is 11.5 Å². The third-order valence-corrected chi connectivity index (χ3v) is 4.57. The van der Waals surface area contributed by atoms with Crippen LogP contribution in [0.15, 0.2) is 24.3 Å². The van der Waals surface area contributed by atoms with Gasteiger partial charge in [-0.3, -0.25) is 0 Å². The molecule has 0 fully saturated rings. The van der Waals surface area contributed by atoms with Crippen molar-refractivity contribution in [1.29, 1.82) is 0 Å². The second-order valence-electron chi connectivity index (χ2n) is 6.80. The first kappa shape index (κ1) is 20.6. The highest BCUT2D eigenvalue weighted by molar-refractivity contribution is 5.61. The third kappa shape index (κ3) is 9.64. The molecule has 0 atom stereocenters. The van der Waals surface area contributed by atoms with Crippen LogP contribution in [0.25, 0.3) is 6.08 Å². The molecule has 0 aromatic heterocycles. The molecular weight excluding hydrogens is 296 g/mol. The maximum Gasteiger partial charge on any atom is 0.164 e. The lowest BCUT2D eigenvalue weighted by molar-refractivity contribution is 0.403. The zero-order chi connectivity index (χ0) is 17.5. The van der Waals surface area contributed by atoms with Gasteiger partial charge in [-0.2, -0.15) is 0 Å². The molecule has 2 N–H and O–H groups in total. The van der Waals surface area contributed by atoms with E-state index in [1.54, 1.807) is 6.07 Å². The van der Waals surface area contributed by atoms with Gasteiger partial charge in [0.1, 0.15) is 0 Å². The predicted octanol–water partition coefficient (Wildman–Crippen LogP) is 7.20. The molecule has 2 heteroatoms. The normalized spacial score (nSPS) is 11.4. The second kappa shape index (κ2) is 13.9. The van der Waals surface area contributed by atoms with Crippen molar-refractivity contribution < 1.29 is 10.2 Å². The Hall–Kier alpha value is -1.44.